The zero-order valence-corrected chi connectivity index (χ0v) is 18.9. The number of aliphatic hydroxyl groups is 1. The first-order chi connectivity index (χ1) is 16.2. The van der Waals surface area contributed by atoms with Crippen LogP contribution in [0.1, 0.15) is 41.0 Å². The molecule has 0 spiro atoms. The van der Waals surface area contributed by atoms with Gasteiger partial charge in [0, 0.05) is 24.5 Å². The lowest BCUT2D eigenvalue weighted by Gasteiger charge is -2.21. The first kappa shape index (κ1) is 26.3. The minimum absolute atomic E-state index is 0.0423. The maximum absolute atomic E-state index is 13.2. The number of halogens is 3. The molecule has 11 heteroatoms. The molecule has 1 aromatic heterocycles. The lowest BCUT2D eigenvalue weighted by Crippen LogP contribution is -2.28. The highest BCUT2D eigenvalue weighted by Crippen LogP contribution is 2.43. The van der Waals surface area contributed by atoms with Crippen LogP contribution in [0.25, 0.3) is 0 Å². The minimum Gasteiger partial charge on any atom is -0.511 e. The Morgan fingerprint density at radius 3 is 2.29 bits per heavy atom. The number of rotatable bonds is 13. The fourth-order valence-corrected chi connectivity index (χ4v) is 4.09. The van der Waals surface area contributed by atoms with E-state index >= 15 is 0 Å². The molecule has 3 rings (SSSR count). The summed E-state index contributed by atoms with van der Waals surface area (Å²) >= 11 is 0. The lowest BCUT2D eigenvalue weighted by molar-refractivity contribution is -0.141. The Balaban J connectivity index is 1.66. The Morgan fingerprint density at radius 1 is 1.03 bits per heavy atom. The quantitative estimate of drug-likeness (QED) is 0.257. The van der Waals surface area contributed by atoms with Crippen LogP contribution < -0.4 is 0 Å². The van der Waals surface area contributed by atoms with E-state index in [2.05, 4.69) is 4.98 Å². The van der Waals surface area contributed by atoms with Crippen LogP contribution in [0.5, 0.6) is 0 Å². The van der Waals surface area contributed by atoms with Crippen LogP contribution in [-0.4, -0.2) is 68.4 Å². The molecule has 1 heterocycles. The van der Waals surface area contributed by atoms with Gasteiger partial charge in [-0.15, -0.1) is 0 Å². The highest BCUT2D eigenvalue weighted by molar-refractivity contribution is 6.28. The van der Waals surface area contributed by atoms with Gasteiger partial charge in [-0.1, -0.05) is 0 Å². The van der Waals surface area contributed by atoms with E-state index in [1.165, 1.54) is 0 Å². The molecule has 188 valence electrons. The third kappa shape index (κ3) is 6.41. The molecular formula is C23H28F3NO7. The number of pyridine rings is 1. The zero-order chi connectivity index (χ0) is 24.7. The highest BCUT2D eigenvalue weighted by Gasteiger charge is 2.44. The summed E-state index contributed by atoms with van der Waals surface area (Å²) in [5.41, 5.74) is -1.98. The van der Waals surface area contributed by atoms with Gasteiger partial charge >= 0.3 is 6.18 Å². The van der Waals surface area contributed by atoms with Gasteiger partial charge < -0.3 is 24.1 Å². The van der Waals surface area contributed by atoms with Crippen molar-refractivity contribution in [1.29, 1.82) is 0 Å². The average Bonchev–Trinajstić information content (AvgIpc) is 3.25. The first-order valence-electron chi connectivity index (χ1n) is 11.0. The van der Waals surface area contributed by atoms with Gasteiger partial charge in [-0.3, -0.25) is 9.59 Å². The molecule has 34 heavy (non-hydrogen) atoms. The Kier molecular flexibility index (Phi) is 9.17. The van der Waals surface area contributed by atoms with E-state index in [-0.39, 0.29) is 47.6 Å². The van der Waals surface area contributed by atoms with Gasteiger partial charge in [0.05, 0.1) is 51.9 Å². The van der Waals surface area contributed by atoms with Gasteiger partial charge in [0.15, 0.2) is 5.78 Å². The summed E-state index contributed by atoms with van der Waals surface area (Å²) in [5.74, 6) is -2.21. The first-order valence-corrected chi connectivity index (χ1v) is 11.0. The molecule has 2 atom stereocenters. The van der Waals surface area contributed by atoms with Crippen molar-refractivity contribution < 1.29 is 46.8 Å². The largest absolute Gasteiger partial charge is 0.511 e. The van der Waals surface area contributed by atoms with Crippen LogP contribution in [0.15, 0.2) is 23.5 Å². The molecular weight excluding hydrogens is 459 g/mol. The molecule has 0 aromatic carbocycles. The van der Waals surface area contributed by atoms with Crippen molar-refractivity contribution in [3.05, 3.63) is 40.4 Å². The van der Waals surface area contributed by atoms with Crippen LogP contribution in [0.2, 0.25) is 0 Å². The normalized spacial score (nSPS) is 20.3. The Labute approximate surface area is 195 Å². The highest BCUT2D eigenvalue weighted by atomic mass is 19.4. The van der Waals surface area contributed by atoms with E-state index in [0.717, 1.165) is 6.07 Å². The summed E-state index contributed by atoms with van der Waals surface area (Å²) in [4.78, 5) is 29.4. The van der Waals surface area contributed by atoms with E-state index < -0.39 is 30.0 Å². The van der Waals surface area contributed by atoms with Crippen LogP contribution in [-0.2, 0) is 36.5 Å². The fraction of sp³-hybridized carbons (Fsp3) is 0.609. The second-order valence-electron chi connectivity index (χ2n) is 8.12. The standard InChI is InChI=1S/C23H28F3NO7/c1-31-6-7-32-8-9-33-10-11-34-13-17-16(4-5-18(27-17)23(24,25)26)22(30)19-20(28)14-2-3-15(12-14)21(19)29/h4-5,14-15,28H,2-3,6-13H2,1H3. The van der Waals surface area contributed by atoms with Crippen LogP contribution >= 0.6 is 0 Å². The second kappa shape index (κ2) is 11.9. The molecule has 2 aliphatic carbocycles. The molecule has 2 unspecified atom stereocenters. The zero-order valence-electron chi connectivity index (χ0n) is 18.9. The van der Waals surface area contributed by atoms with Gasteiger partial charge in [-0.2, -0.15) is 13.2 Å². The molecule has 0 saturated heterocycles. The molecule has 0 amide bonds. The van der Waals surface area contributed by atoms with Gasteiger partial charge in [0.25, 0.3) is 0 Å². The number of hydrogen-bond donors (Lipinski definition) is 1. The minimum atomic E-state index is -4.72. The van der Waals surface area contributed by atoms with Crippen molar-refractivity contribution in [2.45, 2.75) is 32.0 Å². The van der Waals surface area contributed by atoms with Crippen molar-refractivity contribution in [1.82, 2.24) is 4.98 Å². The monoisotopic (exact) mass is 487 g/mol. The molecule has 1 aromatic rings. The number of nitrogens with zero attached hydrogens (tertiary/aromatic N) is 1. The van der Waals surface area contributed by atoms with Gasteiger partial charge in [-0.25, -0.2) is 4.98 Å². The number of allylic oxidation sites excluding steroid dienone is 2. The number of aromatic nitrogens is 1. The SMILES string of the molecule is COCCOCCOCCOCc1nc(C(F)(F)F)ccc1C(=O)C1=C(O)C2CCC(C2)C1=O. The number of ketones is 2. The van der Waals surface area contributed by atoms with Crippen molar-refractivity contribution in [2.75, 3.05) is 46.8 Å². The van der Waals surface area contributed by atoms with E-state index in [9.17, 15) is 27.9 Å². The van der Waals surface area contributed by atoms with Gasteiger partial charge in [0.2, 0.25) is 5.78 Å². The third-order valence-electron chi connectivity index (χ3n) is 5.84. The predicted octanol–water partition coefficient (Wildman–Crippen LogP) is 3.29. The Bertz CT molecular complexity index is 916. The summed E-state index contributed by atoms with van der Waals surface area (Å²) in [6, 6.07) is 1.66. The molecule has 1 fully saturated rings. The van der Waals surface area contributed by atoms with Crippen molar-refractivity contribution in [3.8, 4) is 0 Å². The van der Waals surface area contributed by atoms with Crippen molar-refractivity contribution >= 4 is 11.6 Å². The van der Waals surface area contributed by atoms with Crippen molar-refractivity contribution in [2.24, 2.45) is 11.8 Å². The summed E-state index contributed by atoms with van der Waals surface area (Å²) in [7, 11) is 1.56. The number of hydrogen-bond acceptors (Lipinski definition) is 8. The molecule has 1 saturated carbocycles. The van der Waals surface area contributed by atoms with Crippen molar-refractivity contribution in [3.63, 3.8) is 0 Å². The van der Waals surface area contributed by atoms with E-state index in [4.69, 9.17) is 18.9 Å². The Morgan fingerprint density at radius 2 is 1.65 bits per heavy atom. The van der Waals surface area contributed by atoms with E-state index in [1.807, 2.05) is 0 Å². The van der Waals surface area contributed by atoms with Crippen LogP contribution in [0.4, 0.5) is 13.2 Å². The fourth-order valence-electron chi connectivity index (χ4n) is 4.09. The molecule has 2 aliphatic rings. The number of fused-ring (bicyclic) bond motifs is 2. The maximum atomic E-state index is 13.2. The molecule has 1 N–H and O–H groups in total. The lowest BCUT2D eigenvalue weighted by atomic mass is 9.83. The molecule has 8 nitrogen and oxygen atoms in total. The number of methoxy groups -OCH3 is 1. The summed E-state index contributed by atoms with van der Waals surface area (Å²) in [5, 5.41) is 10.5. The second-order valence-corrected chi connectivity index (χ2v) is 8.12. The number of carbonyl (C=O) groups excluding carboxylic acids is 2. The van der Waals surface area contributed by atoms with Gasteiger partial charge in [-0.05, 0) is 31.4 Å². The third-order valence-corrected chi connectivity index (χ3v) is 5.84. The smallest absolute Gasteiger partial charge is 0.433 e. The number of aliphatic hydroxyl groups excluding tert-OH is 1. The number of alkyl halides is 3. The molecule has 0 radical (unpaired) electrons. The van der Waals surface area contributed by atoms with E-state index in [1.54, 1.807) is 7.11 Å². The number of ether oxygens (including phenoxy) is 4. The molecule has 0 aliphatic heterocycles. The topological polar surface area (TPSA) is 104 Å². The number of carbonyl (C=O) groups is 2. The van der Waals surface area contributed by atoms with Crippen LogP contribution in [0.3, 0.4) is 0 Å². The Hall–Kier alpha value is -2.34. The summed E-state index contributed by atoms with van der Waals surface area (Å²) in [6.45, 7) is 1.36. The van der Waals surface area contributed by atoms with E-state index in [0.29, 0.717) is 51.8 Å². The summed E-state index contributed by atoms with van der Waals surface area (Å²) in [6.07, 6.45) is -3.07. The average molecular weight is 487 g/mol. The summed E-state index contributed by atoms with van der Waals surface area (Å²) < 4.78 is 60.4. The van der Waals surface area contributed by atoms with Gasteiger partial charge in [0.1, 0.15) is 17.0 Å². The predicted molar refractivity (Wildman–Crippen MR) is 112 cm³/mol. The number of Topliss-reactive ketones (excluding diaryl/α,β-unsaturated/α-hetero) is 2. The van der Waals surface area contributed by atoms with Crippen LogP contribution in [0, 0.1) is 11.8 Å². The molecule has 2 bridgehead atoms. The maximum Gasteiger partial charge on any atom is 0.433 e.